The predicted molar refractivity (Wildman–Crippen MR) is 134 cm³/mol. The number of aliphatic carboxylic acids is 1. The standard InChI is InChI=1S/C27H34F2N4O4/c28-20-8-6-19(23(29)16-20)17-37-27(36)32-24(26(34)35)12-15-33(22-10-11-22)14-2-1-5-21-9-7-18-4-3-13-30-25(18)31-21/h6-9,16,22,24H,1-5,10-15,17H2,(H,30,31)(H,32,36)(H,34,35). The minimum atomic E-state index is -1.16. The number of rotatable bonds is 13. The van der Waals surface area contributed by atoms with Crippen molar-refractivity contribution in [1.29, 1.82) is 0 Å². The zero-order valence-corrected chi connectivity index (χ0v) is 20.8. The molecule has 10 heteroatoms. The average Bonchev–Trinajstić information content (AvgIpc) is 3.72. The number of alkyl carbamates (subject to hydrolysis) is 1. The lowest BCUT2D eigenvalue weighted by atomic mass is 10.1. The van der Waals surface area contributed by atoms with E-state index in [1.807, 2.05) is 0 Å². The van der Waals surface area contributed by atoms with Gasteiger partial charge in [0.25, 0.3) is 0 Å². The molecule has 37 heavy (non-hydrogen) atoms. The summed E-state index contributed by atoms with van der Waals surface area (Å²) >= 11 is 0. The molecule has 2 aromatic rings. The number of halogens is 2. The topological polar surface area (TPSA) is 104 Å². The minimum Gasteiger partial charge on any atom is -0.480 e. The molecule has 1 atom stereocenters. The number of aromatic nitrogens is 1. The third-order valence-electron chi connectivity index (χ3n) is 6.81. The van der Waals surface area contributed by atoms with Gasteiger partial charge in [0.05, 0.1) is 0 Å². The number of amides is 1. The van der Waals surface area contributed by atoms with Crippen molar-refractivity contribution in [3.8, 4) is 0 Å². The van der Waals surface area contributed by atoms with E-state index in [2.05, 4.69) is 27.7 Å². The van der Waals surface area contributed by atoms with Crippen LogP contribution >= 0.6 is 0 Å². The van der Waals surface area contributed by atoms with Crippen LogP contribution in [0.5, 0.6) is 0 Å². The number of pyridine rings is 1. The van der Waals surface area contributed by atoms with Crippen LogP contribution in [-0.4, -0.2) is 58.8 Å². The Bertz CT molecular complexity index is 1100. The van der Waals surface area contributed by atoms with Gasteiger partial charge in [-0.25, -0.2) is 23.4 Å². The van der Waals surface area contributed by atoms with Gasteiger partial charge in [-0.3, -0.25) is 0 Å². The van der Waals surface area contributed by atoms with E-state index in [-0.39, 0.29) is 12.0 Å². The van der Waals surface area contributed by atoms with E-state index in [0.29, 0.717) is 18.7 Å². The molecule has 1 fully saturated rings. The molecule has 1 aliphatic heterocycles. The van der Waals surface area contributed by atoms with E-state index >= 15 is 0 Å². The van der Waals surface area contributed by atoms with Crippen molar-refractivity contribution in [2.45, 2.75) is 70.1 Å². The molecule has 4 rings (SSSR count). The number of nitrogens with zero attached hydrogens (tertiary/aromatic N) is 2. The molecule has 0 bridgehead atoms. The van der Waals surface area contributed by atoms with Gasteiger partial charge in [-0.1, -0.05) is 6.07 Å². The first-order valence-electron chi connectivity index (χ1n) is 13.0. The average molecular weight is 517 g/mol. The van der Waals surface area contributed by atoms with E-state index in [9.17, 15) is 23.5 Å². The second-order valence-corrected chi connectivity index (χ2v) is 9.70. The van der Waals surface area contributed by atoms with E-state index in [1.165, 1.54) is 11.6 Å². The van der Waals surface area contributed by atoms with Crippen LogP contribution in [-0.2, 0) is 29.0 Å². The molecule has 0 radical (unpaired) electrons. The van der Waals surface area contributed by atoms with Gasteiger partial charge in [0.2, 0.25) is 0 Å². The maximum Gasteiger partial charge on any atom is 0.408 e. The summed E-state index contributed by atoms with van der Waals surface area (Å²) in [7, 11) is 0. The number of fused-ring (bicyclic) bond motifs is 1. The van der Waals surface area contributed by atoms with Gasteiger partial charge in [-0.05, 0) is 81.7 Å². The number of hydrogen-bond donors (Lipinski definition) is 3. The summed E-state index contributed by atoms with van der Waals surface area (Å²) < 4.78 is 31.7. The van der Waals surface area contributed by atoms with Gasteiger partial charge >= 0.3 is 12.1 Å². The number of nitrogens with one attached hydrogen (secondary N) is 2. The van der Waals surface area contributed by atoms with Gasteiger partial charge in [-0.2, -0.15) is 0 Å². The van der Waals surface area contributed by atoms with E-state index in [4.69, 9.17) is 9.72 Å². The molecule has 1 aromatic carbocycles. The Kier molecular flexibility index (Phi) is 9.27. The summed E-state index contributed by atoms with van der Waals surface area (Å²) in [6.07, 6.45) is 6.52. The van der Waals surface area contributed by atoms with Crippen LogP contribution in [0.2, 0.25) is 0 Å². The fourth-order valence-corrected chi connectivity index (χ4v) is 4.56. The Hall–Kier alpha value is -3.27. The highest BCUT2D eigenvalue weighted by molar-refractivity contribution is 5.79. The quantitative estimate of drug-likeness (QED) is 0.342. The number of aryl methyl sites for hydroxylation is 2. The Morgan fingerprint density at radius 2 is 2.03 bits per heavy atom. The zero-order valence-electron chi connectivity index (χ0n) is 20.8. The Morgan fingerprint density at radius 1 is 1.19 bits per heavy atom. The number of carboxylic acids is 1. The molecule has 8 nitrogen and oxygen atoms in total. The zero-order chi connectivity index (χ0) is 26.2. The molecular weight excluding hydrogens is 482 g/mol. The molecule has 1 aromatic heterocycles. The highest BCUT2D eigenvalue weighted by atomic mass is 19.1. The summed E-state index contributed by atoms with van der Waals surface area (Å²) in [5.41, 5.74) is 2.37. The summed E-state index contributed by atoms with van der Waals surface area (Å²) in [4.78, 5) is 30.9. The molecule has 3 N–H and O–H groups in total. The second kappa shape index (κ2) is 12.8. The summed E-state index contributed by atoms with van der Waals surface area (Å²) in [6, 6.07) is 6.54. The van der Waals surface area contributed by atoms with Crippen LogP contribution in [0.3, 0.4) is 0 Å². The normalized spacial score (nSPS) is 15.5. The molecule has 200 valence electrons. The number of ether oxygens (including phenoxy) is 1. The molecule has 2 aliphatic rings. The predicted octanol–water partition coefficient (Wildman–Crippen LogP) is 4.27. The molecule has 1 saturated carbocycles. The van der Waals surface area contributed by atoms with Crippen molar-refractivity contribution in [3.63, 3.8) is 0 Å². The van der Waals surface area contributed by atoms with Gasteiger partial charge in [-0.15, -0.1) is 0 Å². The molecule has 2 heterocycles. The maximum atomic E-state index is 13.7. The summed E-state index contributed by atoms with van der Waals surface area (Å²) in [6.45, 7) is 1.94. The van der Waals surface area contributed by atoms with Crippen molar-refractivity contribution in [2.75, 3.05) is 25.0 Å². The third kappa shape index (κ3) is 8.11. The van der Waals surface area contributed by atoms with Crippen LogP contribution in [0.15, 0.2) is 30.3 Å². The number of carboxylic acid groups (broad SMARTS) is 1. The van der Waals surface area contributed by atoms with E-state index in [1.54, 1.807) is 0 Å². The van der Waals surface area contributed by atoms with Crippen LogP contribution in [0, 0.1) is 11.6 Å². The van der Waals surface area contributed by atoms with Crippen molar-refractivity contribution in [2.24, 2.45) is 0 Å². The summed E-state index contributed by atoms with van der Waals surface area (Å²) in [5.74, 6) is -1.71. The van der Waals surface area contributed by atoms with Crippen molar-refractivity contribution in [1.82, 2.24) is 15.2 Å². The fraction of sp³-hybridized carbons (Fsp3) is 0.519. The first-order chi connectivity index (χ1) is 17.9. The number of anilines is 1. The monoisotopic (exact) mass is 516 g/mol. The Labute approximate surface area is 215 Å². The van der Waals surface area contributed by atoms with Crippen LogP contribution in [0.25, 0.3) is 0 Å². The van der Waals surface area contributed by atoms with Crippen LogP contribution < -0.4 is 10.6 Å². The Morgan fingerprint density at radius 3 is 2.78 bits per heavy atom. The highest BCUT2D eigenvalue weighted by Crippen LogP contribution is 2.27. The van der Waals surface area contributed by atoms with Crippen molar-refractivity contribution in [3.05, 3.63) is 58.8 Å². The summed E-state index contributed by atoms with van der Waals surface area (Å²) in [5, 5.41) is 15.3. The van der Waals surface area contributed by atoms with E-state index < -0.39 is 36.3 Å². The second-order valence-electron chi connectivity index (χ2n) is 9.70. The lowest BCUT2D eigenvalue weighted by molar-refractivity contribution is -0.139. The van der Waals surface area contributed by atoms with Crippen molar-refractivity contribution < 1.29 is 28.2 Å². The number of carbonyl (C=O) groups excluding carboxylic acids is 1. The van der Waals surface area contributed by atoms with Gasteiger partial charge < -0.3 is 25.4 Å². The third-order valence-corrected chi connectivity index (χ3v) is 6.81. The molecule has 0 spiro atoms. The minimum absolute atomic E-state index is 0.00480. The number of benzene rings is 1. The SMILES string of the molecule is O=C(NC(CCN(CCCCc1ccc2c(n1)NCCC2)C1CC1)C(=O)O)OCc1ccc(F)cc1F. The fourth-order valence-electron chi connectivity index (χ4n) is 4.56. The first-order valence-corrected chi connectivity index (χ1v) is 13.0. The lowest BCUT2D eigenvalue weighted by Crippen LogP contribution is -2.43. The maximum absolute atomic E-state index is 13.7. The number of carbonyl (C=O) groups is 2. The lowest BCUT2D eigenvalue weighted by Gasteiger charge is -2.24. The number of hydrogen-bond acceptors (Lipinski definition) is 6. The smallest absolute Gasteiger partial charge is 0.408 e. The molecule has 1 aliphatic carbocycles. The van der Waals surface area contributed by atoms with Crippen LogP contribution in [0.1, 0.15) is 55.3 Å². The largest absolute Gasteiger partial charge is 0.480 e. The Balaban J connectivity index is 1.19. The number of unbranched alkanes of at least 4 members (excludes halogenated alkanes) is 1. The molecule has 0 saturated heterocycles. The van der Waals surface area contributed by atoms with Gasteiger partial charge in [0.1, 0.15) is 30.1 Å². The van der Waals surface area contributed by atoms with Gasteiger partial charge in [0.15, 0.2) is 0 Å². The van der Waals surface area contributed by atoms with E-state index in [0.717, 1.165) is 75.6 Å². The van der Waals surface area contributed by atoms with Gasteiger partial charge in [0, 0.05) is 36.5 Å². The first kappa shape index (κ1) is 26.8. The molecule has 1 unspecified atom stereocenters. The molecule has 1 amide bonds. The van der Waals surface area contributed by atoms with Crippen molar-refractivity contribution >= 4 is 17.9 Å². The molecular formula is C27H34F2N4O4. The highest BCUT2D eigenvalue weighted by Gasteiger charge is 2.30. The van der Waals surface area contributed by atoms with Crippen LogP contribution in [0.4, 0.5) is 19.4 Å².